The number of para-hydroxylation sites is 1. The molecule has 0 aliphatic rings. The number of benzene rings is 8. The lowest BCUT2D eigenvalue weighted by Crippen LogP contribution is -2.19. The highest BCUT2D eigenvalue weighted by Crippen LogP contribution is 2.39. The Morgan fingerprint density at radius 2 is 1.02 bits per heavy atom. The number of aryl methyl sites for hydroxylation is 2. The standard InChI is InChI=1S/C53H36N4O2/c1-56-48-25-23-38(31-49(48)57(2)53(56)58)33-19-21-35(22-20-33)46-32-47(55-52(54-46)36-12-4-3-5-13-36)41-28-39(27-40(29-41)43-17-10-14-34-11-6-7-15-42(34)43)37-24-26-51-45(30-37)44-16-8-9-18-50(44)59-51/h3-32H,1-2H3. The molecule has 6 heteroatoms. The third-order valence-corrected chi connectivity index (χ3v) is 11.6. The van der Waals surface area contributed by atoms with Crippen LogP contribution in [0, 0.1) is 0 Å². The summed E-state index contributed by atoms with van der Waals surface area (Å²) in [6.07, 6.45) is 0. The lowest BCUT2D eigenvalue weighted by atomic mass is 9.91. The second-order valence-corrected chi connectivity index (χ2v) is 15.1. The summed E-state index contributed by atoms with van der Waals surface area (Å²) in [4.78, 5) is 23.1. The van der Waals surface area contributed by atoms with Crippen LogP contribution < -0.4 is 5.69 Å². The molecule has 11 rings (SSSR count). The smallest absolute Gasteiger partial charge is 0.328 e. The summed E-state index contributed by atoms with van der Waals surface area (Å²) in [6.45, 7) is 0. The summed E-state index contributed by atoms with van der Waals surface area (Å²) in [7, 11) is 3.62. The Labute approximate surface area is 339 Å². The maximum Gasteiger partial charge on any atom is 0.328 e. The largest absolute Gasteiger partial charge is 0.456 e. The van der Waals surface area contributed by atoms with Gasteiger partial charge in [0.15, 0.2) is 5.82 Å². The predicted octanol–water partition coefficient (Wildman–Crippen LogP) is 12.7. The molecule has 280 valence electrons. The SMILES string of the molecule is Cn1c(=O)n(C)c2cc(-c3ccc(-c4cc(-c5cc(-c6ccc7oc8ccccc8c7c6)cc(-c6cccc7ccccc67)c5)nc(-c5ccccc5)n4)cc3)ccc21. The van der Waals surface area contributed by atoms with Crippen molar-refractivity contribution in [3.05, 3.63) is 192 Å². The molecular weight excluding hydrogens is 725 g/mol. The fourth-order valence-corrected chi connectivity index (χ4v) is 8.46. The quantitative estimate of drug-likeness (QED) is 0.169. The second-order valence-electron chi connectivity index (χ2n) is 15.1. The third-order valence-electron chi connectivity index (χ3n) is 11.6. The summed E-state index contributed by atoms with van der Waals surface area (Å²) in [6, 6.07) is 63.4. The normalized spacial score (nSPS) is 11.6. The van der Waals surface area contributed by atoms with Gasteiger partial charge in [0.25, 0.3) is 0 Å². The van der Waals surface area contributed by atoms with E-state index < -0.39 is 0 Å². The van der Waals surface area contributed by atoms with Gasteiger partial charge in [0.05, 0.1) is 22.4 Å². The molecule has 6 nitrogen and oxygen atoms in total. The molecule has 0 fully saturated rings. The number of nitrogens with zero attached hydrogens (tertiary/aromatic N) is 4. The number of fused-ring (bicyclic) bond motifs is 5. The molecule has 0 radical (unpaired) electrons. The summed E-state index contributed by atoms with van der Waals surface area (Å²) in [5.74, 6) is 0.654. The van der Waals surface area contributed by atoms with Crippen molar-refractivity contribution in [1.29, 1.82) is 0 Å². The minimum Gasteiger partial charge on any atom is -0.456 e. The van der Waals surface area contributed by atoms with E-state index in [1.54, 1.807) is 16.2 Å². The number of aromatic nitrogens is 4. The molecule has 3 heterocycles. The maximum absolute atomic E-state index is 12.6. The van der Waals surface area contributed by atoms with Gasteiger partial charge in [-0.05, 0) is 98.8 Å². The number of furan rings is 1. The Hall–Kier alpha value is -7.83. The van der Waals surface area contributed by atoms with Crippen molar-refractivity contribution < 1.29 is 4.42 Å². The molecule has 0 spiro atoms. The van der Waals surface area contributed by atoms with Crippen LogP contribution in [0.4, 0.5) is 0 Å². The fraction of sp³-hybridized carbons (Fsp3) is 0.0377. The van der Waals surface area contributed by atoms with E-state index in [9.17, 15) is 4.79 Å². The average molecular weight is 761 g/mol. The van der Waals surface area contributed by atoms with E-state index in [2.05, 4.69) is 146 Å². The van der Waals surface area contributed by atoms with Crippen LogP contribution in [0.1, 0.15) is 0 Å². The zero-order valence-corrected chi connectivity index (χ0v) is 32.4. The highest BCUT2D eigenvalue weighted by molar-refractivity contribution is 6.06. The highest BCUT2D eigenvalue weighted by Gasteiger charge is 2.17. The van der Waals surface area contributed by atoms with Crippen LogP contribution in [0.2, 0.25) is 0 Å². The Balaban J connectivity index is 1.08. The first-order valence-electron chi connectivity index (χ1n) is 19.7. The second kappa shape index (κ2) is 13.7. The molecule has 11 aromatic rings. The monoisotopic (exact) mass is 760 g/mol. The van der Waals surface area contributed by atoms with E-state index >= 15 is 0 Å². The van der Waals surface area contributed by atoms with Crippen LogP contribution >= 0.6 is 0 Å². The Bertz CT molecular complexity index is 3480. The molecule has 0 N–H and O–H groups in total. The van der Waals surface area contributed by atoms with E-state index in [1.165, 1.54) is 10.8 Å². The van der Waals surface area contributed by atoms with E-state index in [0.29, 0.717) is 5.82 Å². The van der Waals surface area contributed by atoms with Gasteiger partial charge in [0.1, 0.15) is 11.2 Å². The van der Waals surface area contributed by atoms with Gasteiger partial charge in [-0.15, -0.1) is 0 Å². The predicted molar refractivity (Wildman–Crippen MR) is 241 cm³/mol. The summed E-state index contributed by atoms with van der Waals surface area (Å²) < 4.78 is 9.59. The zero-order valence-electron chi connectivity index (χ0n) is 32.4. The maximum atomic E-state index is 12.6. The van der Waals surface area contributed by atoms with Crippen molar-refractivity contribution >= 4 is 43.7 Å². The van der Waals surface area contributed by atoms with Gasteiger partial charge in [-0.2, -0.15) is 0 Å². The average Bonchev–Trinajstić information content (AvgIpc) is 3.78. The summed E-state index contributed by atoms with van der Waals surface area (Å²) >= 11 is 0. The number of rotatable bonds is 6. The van der Waals surface area contributed by atoms with Crippen molar-refractivity contribution in [3.63, 3.8) is 0 Å². The summed E-state index contributed by atoms with van der Waals surface area (Å²) in [5, 5.41) is 4.56. The molecule has 0 bridgehead atoms. The van der Waals surface area contributed by atoms with Crippen LogP contribution in [-0.2, 0) is 14.1 Å². The molecule has 59 heavy (non-hydrogen) atoms. The first-order valence-corrected chi connectivity index (χ1v) is 19.7. The molecule has 0 atom stereocenters. The van der Waals surface area contributed by atoms with Gasteiger partial charge in [0, 0.05) is 41.6 Å². The van der Waals surface area contributed by atoms with Crippen LogP contribution in [0.25, 0.3) is 111 Å². The topological polar surface area (TPSA) is 65.8 Å². The lowest BCUT2D eigenvalue weighted by molar-refractivity contribution is 0.669. The van der Waals surface area contributed by atoms with E-state index in [1.807, 2.05) is 43.4 Å². The van der Waals surface area contributed by atoms with Gasteiger partial charge in [-0.25, -0.2) is 14.8 Å². The van der Waals surface area contributed by atoms with Gasteiger partial charge in [-0.1, -0.05) is 127 Å². The van der Waals surface area contributed by atoms with Gasteiger partial charge >= 0.3 is 5.69 Å². The highest BCUT2D eigenvalue weighted by atomic mass is 16.3. The van der Waals surface area contributed by atoms with Crippen molar-refractivity contribution in [2.45, 2.75) is 0 Å². The van der Waals surface area contributed by atoms with Crippen LogP contribution in [-0.4, -0.2) is 19.1 Å². The minimum absolute atomic E-state index is 0.0382. The molecule has 0 aliphatic carbocycles. The Kier molecular flexibility index (Phi) is 7.98. The third kappa shape index (κ3) is 5.92. The number of imidazole rings is 1. The van der Waals surface area contributed by atoms with Crippen LogP contribution in [0.5, 0.6) is 0 Å². The van der Waals surface area contributed by atoms with Gasteiger partial charge in [0.2, 0.25) is 0 Å². The van der Waals surface area contributed by atoms with E-state index in [0.717, 1.165) is 94.4 Å². The summed E-state index contributed by atoms with van der Waals surface area (Å²) in [5.41, 5.74) is 14.6. The van der Waals surface area contributed by atoms with Crippen LogP contribution in [0.15, 0.2) is 191 Å². The van der Waals surface area contributed by atoms with Crippen molar-refractivity contribution in [2.75, 3.05) is 0 Å². The zero-order chi connectivity index (χ0) is 39.6. The molecule has 0 saturated heterocycles. The van der Waals surface area contributed by atoms with Crippen molar-refractivity contribution in [1.82, 2.24) is 19.1 Å². The molecular formula is C53H36N4O2. The first kappa shape index (κ1) is 34.4. The Morgan fingerprint density at radius 1 is 0.407 bits per heavy atom. The molecule has 0 unspecified atom stereocenters. The van der Waals surface area contributed by atoms with Gasteiger partial charge in [-0.3, -0.25) is 9.13 Å². The fourth-order valence-electron chi connectivity index (χ4n) is 8.46. The molecule has 0 aliphatic heterocycles. The van der Waals surface area contributed by atoms with Gasteiger partial charge < -0.3 is 4.42 Å². The van der Waals surface area contributed by atoms with E-state index in [4.69, 9.17) is 14.4 Å². The molecule has 0 amide bonds. The molecule has 0 saturated carbocycles. The van der Waals surface area contributed by atoms with Crippen LogP contribution in [0.3, 0.4) is 0 Å². The molecule has 3 aromatic heterocycles. The lowest BCUT2D eigenvalue weighted by Gasteiger charge is -2.14. The first-order chi connectivity index (χ1) is 28.9. The van der Waals surface area contributed by atoms with Crippen molar-refractivity contribution in [2.24, 2.45) is 14.1 Å². The van der Waals surface area contributed by atoms with E-state index in [-0.39, 0.29) is 5.69 Å². The minimum atomic E-state index is -0.0382. The molecule has 8 aromatic carbocycles. The van der Waals surface area contributed by atoms with Crippen molar-refractivity contribution in [3.8, 4) is 67.3 Å². The Morgan fingerprint density at radius 3 is 1.86 bits per heavy atom. The number of hydrogen-bond acceptors (Lipinski definition) is 4. The number of hydrogen-bond donors (Lipinski definition) is 0.